The lowest BCUT2D eigenvalue weighted by Gasteiger charge is -2.08. The molecule has 4 nitrogen and oxygen atoms in total. The van der Waals surface area contributed by atoms with Crippen molar-refractivity contribution in [3.63, 3.8) is 0 Å². The molecule has 0 aliphatic rings. The summed E-state index contributed by atoms with van der Waals surface area (Å²) in [5.41, 5.74) is 8.81. The van der Waals surface area contributed by atoms with Crippen molar-refractivity contribution in [3.8, 4) is 0 Å². The van der Waals surface area contributed by atoms with E-state index in [1.54, 1.807) is 24.3 Å². The second-order valence-corrected chi connectivity index (χ2v) is 5.80. The van der Waals surface area contributed by atoms with E-state index in [-0.39, 0.29) is 17.6 Å². The summed E-state index contributed by atoms with van der Waals surface area (Å²) in [5.74, 6) is -0.125. The maximum absolute atomic E-state index is 12.1. The van der Waals surface area contributed by atoms with Gasteiger partial charge in [-0.3, -0.25) is 9.59 Å². The van der Waals surface area contributed by atoms with Crippen LogP contribution in [0.15, 0.2) is 48.5 Å². The van der Waals surface area contributed by atoms with E-state index >= 15 is 0 Å². The second kappa shape index (κ2) is 7.70. The van der Waals surface area contributed by atoms with Gasteiger partial charge in [0.05, 0.1) is 0 Å². The Bertz CT molecular complexity index is 674. The van der Waals surface area contributed by atoms with Crippen molar-refractivity contribution in [1.82, 2.24) is 5.32 Å². The molecule has 0 atom stereocenters. The number of benzene rings is 2. The molecule has 1 amide bonds. The van der Waals surface area contributed by atoms with Crippen LogP contribution in [-0.4, -0.2) is 11.7 Å². The van der Waals surface area contributed by atoms with Gasteiger partial charge in [0.1, 0.15) is 0 Å². The second-order valence-electron chi connectivity index (χ2n) is 5.80. The number of nitrogens with two attached hydrogens (primary N) is 1. The summed E-state index contributed by atoms with van der Waals surface area (Å²) in [6, 6.07) is 14.6. The van der Waals surface area contributed by atoms with Crippen LogP contribution >= 0.6 is 0 Å². The van der Waals surface area contributed by atoms with Gasteiger partial charge in [-0.05, 0) is 23.3 Å². The van der Waals surface area contributed by atoms with Crippen LogP contribution in [0.1, 0.15) is 45.7 Å². The molecule has 2 aromatic carbocycles. The van der Waals surface area contributed by atoms with Crippen molar-refractivity contribution in [1.29, 1.82) is 0 Å². The Morgan fingerprint density at radius 3 is 1.96 bits per heavy atom. The first-order valence-electron chi connectivity index (χ1n) is 7.71. The highest BCUT2D eigenvalue weighted by Gasteiger charge is 2.11. The molecule has 0 unspecified atom stereocenters. The zero-order valence-corrected chi connectivity index (χ0v) is 13.5. The van der Waals surface area contributed by atoms with Crippen LogP contribution in [0.4, 0.5) is 0 Å². The van der Waals surface area contributed by atoms with Crippen molar-refractivity contribution in [2.45, 2.75) is 26.9 Å². The molecule has 2 rings (SSSR count). The van der Waals surface area contributed by atoms with Gasteiger partial charge in [0.15, 0.2) is 5.78 Å². The van der Waals surface area contributed by atoms with E-state index < -0.39 is 0 Å². The average molecular weight is 310 g/mol. The zero-order chi connectivity index (χ0) is 16.8. The summed E-state index contributed by atoms with van der Waals surface area (Å²) in [5, 5.41) is 2.87. The zero-order valence-electron chi connectivity index (χ0n) is 13.5. The molecular weight excluding hydrogens is 288 g/mol. The van der Waals surface area contributed by atoms with Crippen LogP contribution in [-0.2, 0) is 13.1 Å². The number of amides is 1. The lowest BCUT2D eigenvalue weighted by atomic mass is 10.00. The monoisotopic (exact) mass is 310 g/mol. The van der Waals surface area contributed by atoms with Crippen LogP contribution in [0, 0.1) is 5.92 Å². The summed E-state index contributed by atoms with van der Waals surface area (Å²) in [6.45, 7) is 4.68. The molecule has 0 aliphatic heterocycles. The van der Waals surface area contributed by atoms with Gasteiger partial charge >= 0.3 is 0 Å². The summed E-state index contributed by atoms with van der Waals surface area (Å²) in [7, 11) is 0. The molecule has 0 saturated carbocycles. The summed E-state index contributed by atoms with van der Waals surface area (Å²) in [4.78, 5) is 24.0. The lowest BCUT2D eigenvalue weighted by molar-refractivity contribution is 0.0932. The van der Waals surface area contributed by atoms with Gasteiger partial charge in [0, 0.05) is 30.1 Å². The van der Waals surface area contributed by atoms with Crippen molar-refractivity contribution in [2.75, 3.05) is 0 Å². The fourth-order valence-electron chi connectivity index (χ4n) is 2.20. The van der Waals surface area contributed by atoms with Gasteiger partial charge in [-0.1, -0.05) is 50.2 Å². The van der Waals surface area contributed by atoms with E-state index in [0.717, 1.165) is 11.1 Å². The van der Waals surface area contributed by atoms with E-state index in [1.165, 1.54) is 0 Å². The maximum Gasteiger partial charge on any atom is 0.251 e. The number of hydrogen-bond donors (Lipinski definition) is 2. The first-order chi connectivity index (χ1) is 11.0. The Kier molecular flexibility index (Phi) is 5.66. The molecule has 3 N–H and O–H groups in total. The SMILES string of the molecule is CC(C)C(=O)c1ccc(C(=O)NCc2ccc(CN)cc2)cc1. The van der Waals surface area contributed by atoms with E-state index in [4.69, 9.17) is 5.73 Å². The largest absolute Gasteiger partial charge is 0.348 e. The molecule has 4 heteroatoms. The van der Waals surface area contributed by atoms with Crippen molar-refractivity contribution in [3.05, 3.63) is 70.8 Å². The minimum atomic E-state index is -0.156. The van der Waals surface area contributed by atoms with Gasteiger partial charge < -0.3 is 11.1 Å². The fourth-order valence-corrected chi connectivity index (χ4v) is 2.20. The van der Waals surface area contributed by atoms with Crippen LogP contribution in [0.25, 0.3) is 0 Å². The normalized spacial score (nSPS) is 10.6. The van der Waals surface area contributed by atoms with Crippen LogP contribution in [0.2, 0.25) is 0 Å². The minimum Gasteiger partial charge on any atom is -0.348 e. The Hall–Kier alpha value is -2.46. The molecule has 0 fully saturated rings. The number of Topliss-reactive ketones (excluding diaryl/α,β-unsaturated/α-hetero) is 1. The summed E-state index contributed by atoms with van der Waals surface area (Å²) < 4.78 is 0. The molecular formula is C19H22N2O2. The maximum atomic E-state index is 12.1. The number of rotatable bonds is 6. The van der Waals surface area contributed by atoms with Gasteiger partial charge in [-0.15, -0.1) is 0 Å². The van der Waals surface area contributed by atoms with Gasteiger partial charge in [-0.2, -0.15) is 0 Å². The first-order valence-corrected chi connectivity index (χ1v) is 7.71. The van der Waals surface area contributed by atoms with Crippen LogP contribution < -0.4 is 11.1 Å². The molecule has 120 valence electrons. The molecule has 0 aliphatic carbocycles. The number of ketones is 1. The standard InChI is InChI=1S/C19H22N2O2/c1-13(2)18(22)16-7-9-17(10-8-16)19(23)21-12-15-5-3-14(11-20)4-6-15/h3-10,13H,11-12,20H2,1-2H3,(H,21,23). The van der Waals surface area contributed by atoms with Crippen LogP contribution in [0.5, 0.6) is 0 Å². The van der Waals surface area contributed by atoms with Crippen molar-refractivity contribution in [2.24, 2.45) is 11.7 Å². The third-order valence-electron chi connectivity index (χ3n) is 3.67. The highest BCUT2D eigenvalue weighted by molar-refractivity contribution is 5.99. The molecule has 0 spiro atoms. The lowest BCUT2D eigenvalue weighted by Crippen LogP contribution is -2.22. The third-order valence-corrected chi connectivity index (χ3v) is 3.67. The molecule has 0 saturated heterocycles. The Morgan fingerprint density at radius 1 is 0.913 bits per heavy atom. The quantitative estimate of drug-likeness (QED) is 0.806. The first kappa shape index (κ1) is 16.9. The number of nitrogens with one attached hydrogen (secondary N) is 1. The smallest absolute Gasteiger partial charge is 0.251 e. The van der Waals surface area contributed by atoms with Crippen molar-refractivity contribution < 1.29 is 9.59 Å². The number of carbonyl (C=O) groups excluding carboxylic acids is 2. The average Bonchev–Trinajstić information content (AvgIpc) is 2.59. The van der Waals surface area contributed by atoms with E-state index in [0.29, 0.717) is 24.2 Å². The van der Waals surface area contributed by atoms with Gasteiger partial charge in [-0.25, -0.2) is 0 Å². The molecule has 0 bridgehead atoms. The Labute approximate surface area is 136 Å². The Balaban J connectivity index is 1.96. The highest BCUT2D eigenvalue weighted by atomic mass is 16.1. The molecule has 23 heavy (non-hydrogen) atoms. The molecule has 0 radical (unpaired) electrons. The highest BCUT2D eigenvalue weighted by Crippen LogP contribution is 2.10. The van der Waals surface area contributed by atoms with E-state index in [1.807, 2.05) is 38.1 Å². The molecule has 2 aromatic rings. The predicted octanol–water partition coefficient (Wildman–Crippen LogP) is 2.91. The molecule has 0 aromatic heterocycles. The topological polar surface area (TPSA) is 72.2 Å². The minimum absolute atomic E-state index is 0.0498. The summed E-state index contributed by atoms with van der Waals surface area (Å²) in [6.07, 6.45) is 0. The predicted molar refractivity (Wildman–Crippen MR) is 91.1 cm³/mol. The van der Waals surface area contributed by atoms with Gasteiger partial charge in [0.25, 0.3) is 5.91 Å². The number of carbonyl (C=O) groups is 2. The van der Waals surface area contributed by atoms with Crippen LogP contribution in [0.3, 0.4) is 0 Å². The van der Waals surface area contributed by atoms with E-state index in [9.17, 15) is 9.59 Å². The molecule has 0 heterocycles. The van der Waals surface area contributed by atoms with Gasteiger partial charge in [0.2, 0.25) is 0 Å². The van der Waals surface area contributed by atoms with Crippen molar-refractivity contribution >= 4 is 11.7 Å². The number of hydrogen-bond acceptors (Lipinski definition) is 3. The van der Waals surface area contributed by atoms with E-state index in [2.05, 4.69) is 5.32 Å². The third kappa shape index (κ3) is 4.50. The Morgan fingerprint density at radius 2 is 1.43 bits per heavy atom. The summed E-state index contributed by atoms with van der Waals surface area (Å²) >= 11 is 0. The fraction of sp³-hybridized carbons (Fsp3) is 0.263.